The number of pyridine rings is 1. The van der Waals surface area contributed by atoms with Crippen LogP contribution < -0.4 is 5.32 Å². The van der Waals surface area contributed by atoms with Crippen molar-refractivity contribution in [3.8, 4) is 0 Å². The highest BCUT2D eigenvalue weighted by Crippen LogP contribution is 2.45. The van der Waals surface area contributed by atoms with E-state index in [1.54, 1.807) is 0 Å². The Morgan fingerprint density at radius 3 is 2.48 bits per heavy atom. The van der Waals surface area contributed by atoms with Crippen molar-refractivity contribution in [3.05, 3.63) is 107 Å². The van der Waals surface area contributed by atoms with Crippen LogP contribution in [0.4, 0.5) is 5.69 Å². The molecule has 0 amide bonds. The van der Waals surface area contributed by atoms with Crippen molar-refractivity contribution in [2.45, 2.75) is 31.7 Å². The second-order valence-corrected chi connectivity index (χ2v) is 10.3. The summed E-state index contributed by atoms with van der Waals surface area (Å²) in [7, 11) is 0. The molecule has 0 spiro atoms. The Bertz CT molecular complexity index is 1390. The maximum absolute atomic E-state index is 4.80. The molecule has 164 valence electrons. The molecule has 4 aromatic rings. The van der Waals surface area contributed by atoms with Gasteiger partial charge in [0, 0.05) is 50.4 Å². The van der Waals surface area contributed by atoms with Crippen molar-refractivity contribution in [2.24, 2.45) is 11.8 Å². The van der Waals surface area contributed by atoms with Gasteiger partial charge in [-0.25, -0.2) is 0 Å². The third-order valence-electron chi connectivity index (χ3n) is 7.49. The van der Waals surface area contributed by atoms with E-state index in [0.717, 1.165) is 18.4 Å². The topological polar surface area (TPSA) is 24.9 Å². The number of aromatic nitrogens is 1. The van der Waals surface area contributed by atoms with Gasteiger partial charge in [0.25, 0.3) is 0 Å². The SMILES string of the molecule is CC1C=C(Br)C=CC1[C@H]1Nc2c(c3cccnc3c3ccccc23)CCC1c1ccccc1. The molecule has 0 saturated heterocycles. The minimum absolute atomic E-state index is 0.300. The first-order valence-corrected chi connectivity index (χ1v) is 12.7. The fourth-order valence-electron chi connectivity index (χ4n) is 5.92. The first-order valence-electron chi connectivity index (χ1n) is 11.9. The smallest absolute Gasteiger partial charge is 0.0784 e. The lowest BCUT2D eigenvalue weighted by atomic mass is 9.75. The zero-order chi connectivity index (χ0) is 22.4. The van der Waals surface area contributed by atoms with Crippen LogP contribution in [0.1, 0.15) is 30.4 Å². The summed E-state index contributed by atoms with van der Waals surface area (Å²) in [4.78, 5) is 4.80. The maximum atomic E-state index is 4.80. The van der Waals surface area contributed by atoms with E-state index in [1.165, 1.54) is 37.5 Å². The molecule has 4 atom stereocenters. The number of benzene rings is 3. The molecular formula is C30H27BrN2. The lowest BCUT2D eigenvalue weighted by Gasteiger charge is -2.36. The van der Waals surface area contributed by atoms with E-state index in [-0.39, 0.29) is 0 Å². The van der Waals surface area contributed by atoms with Gasteiger partial charge in [0.05, 0.1) is 5.52 Å². The predicted octanol–water partition coefficient (Wildman–Crippen LogP) is 8.00. The lowest BCUT2D eigenvalue weighted by Crippen LogP contribution is -2.37. The molecule has 6 rings (SSSR count). The van der Waals surface area contributed by atoms with E-state index in [2.05, 4.69) is 113 Å². The molecule has 33 heavy (non-hydrogen) atoms. The molecular weight excluding hydrogens is 468 g/mol. The van der Waals surface area contributed by atoms with E-state index >= 15 is 0 Å². The second-order valence-electron chi connectivity index (χ2n) is 9.37. The van der Waals surface area contributed by atoms with Crippen molar-refractivity contribution in [1.82, 2.24) is 4.98 Å². The summed E-state index contributed by atoms with van der Waals surface area (Å²) in [5.74, 6) is 1.28. The number of hydrogen-bond donors (Lipinski definition) is 1. The molecule has 1 aliphatic carbocycles. The molecule has 1 aliphatic heterocycles. The van der Waals surface area contributed by atoms with Gasteiger partial charge in [-0.15, -0.1) is 0 Å². The Morgan fingerprint density at radius 1 is 0.909 bits per heavy atom. The summed E-state index contributed by atoms with van der Waals surface area (Å²) in [6.07, 6.45) is 11.0. The van der Waals surface area contributed by atoms with Crippen LogP contribution in [0.3, 0.4) is 0 Å². The number of fused-ring (bicyclic) bond motifs is 6. The maximum Gasteiger partial charge on any atom is 0.0784 e. The summed E-state index contributed by atoms with van der Waals surface area (Å²) in [5, 5.41) is 7.92. The van der Waals surface area contributed by atoms with Crippen LogP contribution in [0.2, 0.25) is 0 Å². The number of nitrogens with one attached hydrogen (secondary N) is 1. The van der Waals surface area contributed by atoms with Gasteiger partial charge in [0.2, 0.25) is 0 Å². The molecule has 0 saturated carbocycles. The number of rotatable bonds is 2. The number of halogens is 1. The van der Waals surface area contributed by atoms with E-state index < -0.39 is 0 Å². The number of anilines is 1. The molecule has 3 heteroatoms. The first-order chi connectivity index (χ1) is 16.2. The van der Waals surface area contributed by atoms with Crippen molar-refractivity contribution >= 4 is 43.3 Å². The minimum atomic E-state index is 0.300. The van der Waals surface area contributed by atoms with E-state index in [9.17, 15) is 0 Å². The Balaban J connectivity index is 1.57. The van der Waals surface area contributed by atoms with Gasteiger partial charge in [-0.3, -0.25) is 4.98 Å². The van der Waals surface area contributed by atoms with Gasteiger partial charge in [-0.2, -0.15) is 0 Å². The fraction of sp³-hybridized carbons (Fsp3) is 0.233. The van der Waals surface area contributed by atoms with Gasteiger partial charge < -0.3 is 5.32 Å². The predicted molar refractivity (Wildman–Crippen MR) is 143 cm³/mol. The van der Waals surface area contributed by atoms with Crippen LogP contribution in [-0.2, 0) is 6.42 Å². The van der Waals surface area contributed by atoms with Crippen LogP contribution in [0.5, 0.6) is 0 Å². The average Bonchev–Trinajstić information content (AvgIpc) is 3.05. The van der Waals surface area contributed by atoms with Crippen molar-refractivity contribution < 1.29 is 0 Å². The average molecular weight is 495 g/mol. The van der Waals surface area contributed by atoms with E-state index in [0.29, 0.717) is 23.8 Å². The van der Waals surface area contributed by atoms with E-state index in [1.807, 2.05) is 6.20 Å². The molecule has 1 aromatic heterocycles. The summed E-state index contributed by atoms with van der Waals surface area (Å²) in [6, 6.07) is 24.4. The summed E-state index contributed by atoms with van der Waals surface area (Å²) in [6.45, 7) is 2.34. The Hall–Kier alpha value is -2.91. The molecule has 2 nitrogen and oxygen atoms in total. The molecule has 2 heterocycles. The molecule has 3 aromatic carbocycles. The summed E-state index contributed by atoms with van der Waals surface area (Å²) >= 11 is 3.69. The van der Waals surface area contributed by atoms with E-state index in [4.69, 9.17) is 4.98 Å². The molecule has 1 N–H and O–H groups in total. The van der Waals surface area contributed by atoms with Gasteiger partial charge in [-0.1, -0.05) is 102 Å². The van der Waals surface area contributed by atoms with Crippen molar-refractivity contribution in [2.75, 3.05) is 5.32 Å². The highest BCUT2D eigenvalue weighted by molar-refractivity contribution is 9.11. The molecule has 3 unspecified atom stereocenters. The highest BCUT2D eigenvalue weighted by Gasteiger charge is 2.36. The van der Waals surface area contributed by atoms with Gasteiger partial charge in [0.1, 0.15) is 0 Å². The lowest BCUT2D eigenvalue weighted by molar-refractivity contribution is 0.377. The number of hydrogen-bond acceptors (Lipinski definition) is 2. The third kappa shape index (κ3) is 3.59. The van der Waals surface area contributed by atoms with Crippen LogP contribution in [0.25, 0.3) is 21.7 Å². The largest absolute Gasteiger partial charge is 0.380 e. The fourth-order valence-corrected chi connectivity index (χ4v) is 6.49. The first kappa shape index (κ1) is 20.7. The molecule has 2 aliphatic rings. The van der Waals surface area contributed by atoms with Crippen molar-refractivity contribution in [3.63, 3.8) is 0 Å². The Morgan fingerprint density at radius 2 is 1.67 bits per heavy atom. The summed E-state index contributed by atoms with van der Waals surface area (Å²) in [5.41, 5.74) is 5.23. The normalized spacial score (nSPS) is 24.7. The zero-order valence-corrected chi connectivity index (χ0v) is 20.3. The third-order valence-corrected chi connectivity index (χ3v) is 8.01. The number of aryl methyl sites for hydroxylation is 1. The van der Waals surface area contributed by atoms with Crippen molar-refractivity contribution in [1.29, 1.82) is 0 Å². The Kier molecular flexibility index (Phi) is 5.30. The number of allylic oxidation sites excluding steroid dienone is 3. The minimum Gasteiger partial charge on any atom is -0.380 e. The zero-order valence-electron chi connectivity index (χ0n) is 18.7. The molecule has 0 radical (unpaired) electrons. The molecule has 0 fully saturated rings. The highest BCUT2D eigenvalue weighted by atomic mass is 79.9. The Labute approximate surface area is 203 Å². The standard InChI is InChI=1S/C30H27BrN2/c1-19-18-21(31)13-14-22(19)29-23(20-8-3-2-4-9-20)15-16-27-25-12-7-17-32-28(25)24-10-5-6-11-26(24)30(27)33-29/h2-14,17-19,22-23,29,33H,15-16H2,1H3/t19?,22?,23?,29-/m1/s1. The summed E-state index contributed by atoms with van der Waals surface area (Å²) < 4.78 is 1.18. The quantitative estimate of drug-likeness (QED) is 0.285. The monoisotopic (exact) mass is 494 g/mol. The van der Waals surface area contributed by atoms with Crippen LogP contribution >= 0.6 is 15.9 Å². The number of nitrogens with zero attached hydrogens (tertiary/aromatic N) is 1. The van der Waals surface area contributed by atoms with Crippen LogP contribution in [0.15, 0.2) is 95.6 Å². The van der Waals surface area contributed by atoms with Crippen LogP contribution in [-0.4, -0.2) is 11.0 Å². The second kappa shape index (κ2) is 8.46. The van der Waals surface area contributed by atoms with Gasteiger partial charge in [0.15, 0.2) is 0 Å². The van der Waals surface area contributed by atoms with Crippen LogP contribution in [0, 0.1) is 11.8 Å². The molecule has 0 bridgehead atoms. The van der Waals surface area contributed by atoms with Gasteiger partial charge in [-0.05, 0) is 36.0 Å². The van der Waals surface area contributed by atoms with Gasteiger partial charge >= 0.3 is 0 Å².